The van der Waals surface area contributed by atoms with Crippen molar-refractivity contribution in [1.82, 2.24) is 10.3 Å². The molecular formula is C14H23N3O. The number of hydrogen-bond donors (Lipinski definition) is 2. The largest absolute Gasteiger partial charge is 0.384 e. The van der Waals surface area contributed by atoms with Crippen LogP contribution in [0.4, 0.5) is 5.82 Å². The predicted octanol–water partition coefficient (Wildman–Crippen LogP) is 2.61. The quantitative estimate of drug-likeness (QED) is 0.865. The van der Waals surface area contributed by atoms with Crippen LogP contribution in [0.1, 0.15) is 51.4 Å². The smallest absolute Gasteiger partial charge is 0.251 e. The van der Waals surface area contributed by atoms with Crippen LogP contribution in [0.2, 0.25) is 0 Å². The lowest BCUT2D eigenvalue weighted by Gasteiger charge is -2.33. The molecule has 1 aromatic rings. The topological polar surface area (TPSA) is 68.0 Å². The van der Waals surface area contributed by atoms with E-state index in [1.165, 1.54) is 0 Å². The van der Waals surface area contributed by atoms with Gasteiger partial charge >= 0.3 is 0 Å². The number of amides is 1. The highest BCUT2D eigenvalue weighted by atomic mass is 16.1. The Morgan fingerprint density at radius 2 is 1.94 bits per heavy atom. The van der Waals surface area contributed by atoms with Gasteiger partial charge in [0.1, 0.15) is 5.82 Å². The van der Waals surface area contributed by atoms with E-state index in [0.717, 1.165) is 6.42 Å². The van der Waals surface area contributed by atoms with Crippen LogP contribution < -0.4 is 11.1 Å². The summed E-state index contributed by atoms with van der Waals surface area (Å²) in [5, 5.41) is 3.03. The van der Waals surface area contributed by atoms with Crippen LogP contribution in [0.15, 0.2) is 18.3 Å². The van der Waals surface area contributed by atoms with Gasteiger partial charge in [0.25, 0.3) is 5.91 Å². The summed E-state index contributed by atoms with van der Waals surface area (Å²) < 4.78 is 0. The third-order valence-electron chi connectivity index (χ3n) is 2.47. The molecule has 0 saturated heterocycles. The van der Waals surface area contributed by atoms with Gasteiger partial charge in [0.2, 0.25) is 0 Å². The Labute approximate surface area is 109 Å². The lowest BCUT2D eigenvalue weighted by molar-refractivity contribution is 0.0891. The Kier molecular flexibility index (Phi) is 3.99. The lowest BCUT2D eigenvalue weighted by Crippen LogP contribution is -2.45. The van der Waals surface area contributed by atoms with Gasteiger partial charge in [0.15, 0.2) is 0 Å². The molecule has 0 unspecified atom stereocenters. The highest BCUT2D eigenvalue weighted by Crippen LogP contribution is 2.27. The van der Waals surface area contributed by atoms with Crippen molar-refractivity contribution < 1.29 is 4.79 Å². The predicted molar refractivity (Wildman–Crippen MR) is 74.3 cm³/mol. The second-order valence-corrected chi connectivity index (χ2v) is 6.54. The molecule has 0 aliphatic carbocycles. The second kappa shape index (κ2) is 4.96. The van der Waals surface area contributed by atoms with Crippen molar-refractivity contribution in [2.45, 2.75) is 46.6 Å². The van der Waals surface area contributed by atoms with Gasteiger partial charge in [-0.3, -0.25) is 4.79 Å². The first-order valence-corrected chi connectivity index (χ1v) is 6.13. The molecule has 0 spiro atoms. The summed E-state index contributed by atoms with van der Waals surface area (Å²) in [4.78, 5) is 16.0. The van der Waals surface area contributed by atoms with E-state index in [4.69, 9.17) is 5.73 Å². The molecule has 4 heteroatoms. The number of nitrogen functional groups attached to an aromatic ring is 1. The van der Waals surface area contributed by atoms with E-state index in [-0.39, 0.29) is 16.9 Å². The zero-order chi connectivity index (χ0) is 14.0. The van der Waals surface area contributed by atoms with Crippen LogP contribution in [0.3, 0.4) is 0 Å². The number of nitrogens with two attached hydrogens (primary N) is 1. The minimum atomic E-state index is -0.257. The number of rotatable bonds is 3. The Hall–Kier alpha value is -1.58. The van der Waals surface area contributed by atoms with Gasteiger partial charge in [-0.25, -0.2) is 4.98 Å². The maximum atomic E-state index is 12.1. The number of anilines is 1. The maximum Gasteiger partial charge on any atom is 0.251 e. The van der Waals surface area contributed by atoms with Crippen molar-refractivity contribution in [3.63, 3.8) is 0 Å². The first-order valence-electron chi connectivity index (χ1n) is 6.13. The average Bonchev–Trinajstić information content (AvgIpc) is 2.12. The van der Waals surface area contributed by atoms with Crippen LogP contribution in [0.25, 0.3) is 0 Å². The molecule has 1 heterocycles. The minimum Gasteiger partial charge on any atom is -0.384 e. The third-order valence-corrected chi connectivity index (χ3v) is 2.47. The summed E-state index contributed by atoms with van der Waals surface area (Å²) >= 11 is 0. The Morgan fingerprint density at radius 3 is 2.44 bits per heavy atom. The molecule has 3 N–H and O–H groups in total. The lowest BCUT2D eigenvalue weighted by atomic mass is 9.81. The van der Waals surface area contributed by atoms with Crippen LogP contribution in [0, 0.1) is 5.41 Å². The highest BCUT2D eigenvalue weighted by Gasteiger charge is 2.27. The summed E-state index contributed by atoms with van der Waals surface area (Å²) in [5.74, 6) is 0.245. The van der Waals surface area contributed by atoms with E-state index < -0.39 is 0 Å². The summed E-state index contributed by atoms with van der Waals surface area (Å²) in [7, 11) is 0. The summed E-state index contributed by atoms with van der Waals surface area (Å²) in [6.07, 6.45) is 2.44. The van der Waals surface area contributed by atoms with Gasteiger partial charge in [-0.2, -0.15) is 0 Å². The first-order chi connectivity index (χ1) is 8.09. The number of hydrogen-bond acceptors (Lipinski definition) is 3. The fraction of sp³-hybridized carbons (Fsp3) is 0.571. The Balaban J connectivity index is 2.75. The van der Waals surface area contributed by atoms with Crippen LogP contribution >= 0.6 is 0 Å². The summed E-state index contributed by atoms with van der Waals surface area (Å²) in [6.45, 7) is 10.5. The highest BCUT2D eigenvalue weighted by molar-refractivity contribution is 5.95. The molecule has 100 valence electrons. The zero-order valence-electron chi connectivity index (χ0n) is 11.9. The molecule has 0 aliphatic rings. The molecular weight excluding hydrogens is 226 g/mol. The third kappa shape index (κ3) is 4.73. The van der Waals surface area contributed by atoms with Crippen molar-refractivity contribution in [3.8, 4) is 0 Å². The van der Waals surface area contributed by atoms with Crippen molar-refractivity contribution in [2.75, 3.05) is 5.73 Å². The fourth-order valence-electron chi connectivity index (χ4n) is 2.34. The van der Waals surface area contributed by atoms with Gasteiger partial charge in [0, 0.05) is 17.3 Å². The van der Waals surface area contributed by atoms with Crippen LogP contribution in [-0.2, 0) is 0 Å². The number of aromatic nitrogens is 1. The van der Waals surface area contributed by atoms with Crippen molar-refractivity contribution in [2.24, 2.45) is 5.41 Å². The van der Waals surface area contributed by atoms with Gasteiger partial charge in [0.05, 0.1) is 0 Å². The van der Waals surface area contributed by atoms with Crippen molar-refractivity contribution in [3.05, 3.63) is 23.9 Å². The summed E-state index contributed by atoms with van der Waals surface area (Å²) in [6, 6.07) is 3.25. The SMILES string of the molecule is CC(C)(C)CC(C)(C)NC(=O)c1ccnc(N)c1. The molecule has 0 atom stereocenters. The second-order valence-electron chi connectivity index (χ2n) is 6.54. The molecule has 4 nitrogen and oxygen atoms in total. The number of carbonyl (C=O) groups excluding carboxylic acids is 1. The van der Waals surface area contributed by atoms with Crippen molar-refractivity contribution in [1.29, 1.82) is 0 Å². The number of nitrogens with one attached hydrogen (secondary N) is 1. The molecule has 1 aromatic heterocycles. The molecule has 0 radical (unpaired) electrons. The minimum absolute atomic E-state index is 0.113. The molecule has 0 bridgehead atoms. The first kappa shape index (κ1) is 14.5. The fourth-order valence-corrected chi connectivity index (χ4v) is 2.34. The Morgan fingerprint density at radius 1 is 1.33 bits per heavy atom. The molecule has 0 saturated carbocycles. The molecule has 1 rings (SSSR count). The van der Waals surface area contributed by atoms with E-state index in [9.17, 15) is 4.79 Å². The van der Waals surface area contributed by atoms with E-state index in [2.05, 4.69) is 31.1 Å². The number of nitrogens with zero attached hydrogens (tertiary/aromatic N) is 1. The molecule has 0 fully saturated rings. The maximum absolute atomic E-state index is 12.1. The van der Waals surface area contributed by atoms with Gasteiger partial charge in [-0.15, -0.1) is 0 Å². The molecule has 18 heavy (non-hydrogen) atoms. The van der Waals surface area contributed by atoms with Gasteiger partial charge < -0.3 is 11.1 Å². The molecule has 1 amide bonds. The van der Waals surface area contributed by atoms with Crippen molar-refractivity contribution >= 4 is 11.7 Å². The van der Waals surface area contributed by atoms with Gasteiger partial charge in [-0.05, 0) is 37.8 Å². The number of pyridine rings is 1. The number of carbonyl (C=O) groups is 1. The molecule has 0 aromatic carbocycles. The van der Waals surface area contributed by atoms with E-state index in [1.54, 1.807) is 18.3 Å². The van der Waals surface area contributed by atoms with Crippen LogP contribution in [-0.4, -0.2) is 16.4 Å². The molecule has 0 aliphatic heterocycles. The van der Waals surface area contributed by atoms with E-state index in [1.807, 2.05) is 13.8 Å². The van der Waals surface area contributed by atoms with Gasteiger partial charge in [-0.1, -0.05) is 20.8 Å². The monoisotopic (exact) mass is 249 g/mol. The Bertz CT molecular complexity index is 433. The normalized spacial score (nSPS) is 12.3. The average molecular weight is 249 g/mol. The van der Waals surface area contributed by atoms with E-state index >= 15 is 0 Å². The van der Waals surface area contributed by atoms with Crippen LogP contribution in [0.5, 0.6) is 0 Å². The zero-order valence-corrected chi connectivity index (χ0v) is 11.9. The standard InChI is InChI=1S/C14H23N3O/c1-13(2,3)9-14(4,5)17-12(18)10-6-7-16-11(15)8-10/h6-8H,9H2,1-5H3,(H2,15,16)(H,17,18). The summed E-state index contributed by atoms with van der Waals surface area (Å²) in [5.41, 5.74) is 6.02. The van der Waals surface area contributed by atoms with E-state index in [0.29, 0.717) is 11.4 Å².